The van der Waals surface area contributed by atoms with Crippen molar-refractivity contribution in [2.24, 2.45) is 0 Å². The van der Waals surface area contributed by atoms with Crippen molar-refractivity contribution in [1.29, 1.82) is 0 Å². The second-order valence-electron chi connectivity index (χ2n) is 4.84. The minimum Gasteiger partial charge on any atom is -0.477 e. The number of nitrogens with zero attached hydrogens (tertiary/aromatic N) is 4. The number of anilines is 2. The standard InChI is InChI=1S/C15H15F3N4O3/c1-3-21(10-5-7-11(8-6-10)22(23)24)14-19-9-12(15(16,17)18)13(20-14)25-4-2/h5-9H,3-4H2,1-2H3. The van der Waals surface area contributed by atoms with Gasteiger partial charge >= 0.3 is 6.18 Å². The fourth-order valence-corrected chi connectivity index (χ4v) is 2.12. The van der Waals surface area contributed by atoms with Gasteiger partial charge in [0, 0.05) is 30.6 Å². The van der Waals surface area contributed by atoms with Crippen LogP contribution >= 0.6 is 0 Å². The van der Waals surface area contributed by atoms with Crippen LogP contribution in [0.2, 0.25) is 0 Å². The van der Waals surface area contributed by atoms with Crippen LogP contribution in [-0.2, 0) is 6.18 Å². The van der Waals surface area contributed by atoms with Gasteiger partial charge in [-0.05, 0) is 26.0 Å². The monoisotopic (exact) mass is 356 g/mol. The molecule has 10 heteroatoms. The van der Waals surface area contributed by atoms with E-state index in [0.29, 0.717) is 18.4 Å². The van der Waals surface area contributed by atoms with E-state index in [1.165, 1.54) is 29.2 Å². The molecular formula is C15H15F3N4O3. The molecule has 0 amide bonds. The van der Waals surface area contributed by atoms with Gasteiger partial charge in [0.1, 0.15) is 5.56 Å². The second kappa shape index (κ2) is 7.32. The minimum absolute atomic E-state index is 0.00723. The Labute approximate surface area is 141 Å². The zero-order chi connectivity index (χ0) is 18.6. The van der Waals surface area contributed by atoms with Crippen molar-refractivity contribution in [2.75, 3.05) is 18.1 Å². The highest BCUT2D eigenvalue weighted by atomic mass is 19.4. The maximum atomic E-state index is 13.0. The van der Waals surface area contributed by atoms with Crippen LogP contribution in [0.1, 0.15) is 19.4 Å². The molecule has 0 saturated carbocycles. The molecule has 134 valence electrons. The van der Waals surface area contributed by atoms with Crippen molar-refractivity contribution in [2.45, 2.75) is 20.0 Å². The summed E-state index contributed by atoms with van der Waals surface area (Å²) in [6, 6.07) is 5.54. The van der Waals surface area contributed by atoms with Crippen LogP contribution in [0.4, 0.5) is 30.5 Å². The van der Waals surface area contributed by atoms with E-state index in [0.717, 1.165) is 0 Å². The quantitative estimate of drug-likeness (QED) is 0.576. The first-order valence-corrected chi connectivity index (χ1v) is 7.37. The van der Waals surface area contributed by atoms with Crippen molar-refractivity contribution in [3.63, 3.8) is 0 Å². The van der Waals surface area contributed by atoms with E-state index >= 15 is 0 Å². The van der Waals surface area contributed by atoms with Crippen LogP contribution in [0.15, 0.2) is 30.5 Å². The lowest BCUT2D eigenvalue weighted by Gasteiger charge is -2.22. The highest BCUT2D eigenvalue weighted by Gasteiger charge is 2.36. The Hall–Kier alpha value is -2.91. The predicted octanol–water partition coefficient (Wildman–Crippen LogP) is 3.96. The summed E-state index contributed by atoms with van der Waals surface area (Å²) < 4.78 is 44.0. The second-order valence-corrected chi connectivity index (χ2v) is 4.84. The smallest absolute Gasteiger partial charge is 0.423 e. The van der Waals surface area contributed by atoms with Gasteiger partial charge in [-0.25, -0.2) is 4.98 Å². The lowest BCUT2D eigenvalue weighted by atomic mass is 10.2. The number of nitro benzene ring substituents is 1. The predicted molar refractivity (Wildman–Crippen MR) is 84.0 cm³/mol. The topological polar surface area (TPSA) is 81.4 Å². The Bertz CT molecular complexity index is 751. The molecule has 1 aromatic heterocycles. The van der Waals surface area contributed by atoms with Crippen LogP contribution in [0.3, 0.4) is 0 Å². The molecule has 0 N–H and O–H groups in total. The molecule has 2 rings (SSSR count). The Balaban J connectivity index is 2.43. The molecule has 0 fully saturated rings. The normalized spacial score (nSPS) is 11.2. The highest BCUT2D eigenvalue weighted by molar-refractivity contribution is 5.59. The molecule has 0 saturated heterocycles. The minimum atomic E-state index is -4.63. The van der Waals surface area contributed by atoms with Gasteiger partial charge in [-0.15, -0.1) is 0 Å². The zero-order valence-electron chi connectivity index (χ0n) is 13.4. The number of benzene rings is 1. The fraction of sp³-hybridized carbons (Fsp3) is 0.333. The van der Waals surface area contributed by atoms with E-state index in [9.17, 15) is 23.3 Å². The van der Waals surface area contributed by atoms with Gasteiger partial charge in [0.25, 0.3) is 5.69 Å². The number of alkyl halides is 3. The van der Waals surface area contributed by atoms with Gasteiger partial charge in [-0.1, -0.05) is 0 Å². The molecular weight excluding hydrogens is 341 g/mol. The van der Waals surface area contributed by atoms with E-state index in [-0.39, 0.29) is 18.2 Å². The fourth-order valence-electron chi connectivity index (χ4n) is 2.12. The summed E-state index contributed by atoms with van der Waals surface area (Å²) in [5.41, 5.74) is -0.642. The summed E-state index contributed by atoms with van der Waals surface area (Å²) >= 11 is 0. The van der Waals surface area contributed by atoms with Gasteiger partial charge in [-0.3, -0.25) is 10.1 Å². The maximum Gasteiger partial charge on any atom is 0.423 e. The first-order chi connectivity index (χ1) is 11.8. The van der Waals surface area contributed by atoms with Gasteiger partial charge < -0.3 is 9.64 Å². The molecule has 1 heterocycles. The van der Waals surface area contributed by atoms with Gasteiger partial charge in [0.05, 0.1) is 11.5 Å². The first kappa shape index (κ1) is 18.4. The van der Waals surface area contributed by atoms with E-state index in [2.05, 4.69) is 9.97 Å². The van der Waals surface area contributed by atoms with Crippen molar-refractivity contribution >= 4 is 17.3 Å². The molecule has 0 atom stereocenters. The average molecular weight is 356 g/mol. The third-order valence-electron chi connectivity index (χ3n) is 3.26. The highest BCUT2D eigenvalue weighted by Crippen LogP contribution is 2.36. The van der Waals surface area contributed by atoms with Crippen molar-refractivity contribution < 1.29 is 22.8 Å². The summed E-state index contributed by atoms with van der Waals surface area (Å²) in [6.07, 6.45) is -3.96. The van der Waals surface area contributed by atoms with E-state index in [4.69, 9.17) is 4.74 Å². The number of nitro groups is 1. The molecule has 0 aliphatic carbocycles. The number of non-ortho nitro benzene ring substituents is 1. The van der Waals surface area contributed by atoms with Crippen LogP contribution < -0.4 is 9.64 Å². The van der Waals surface area contributed by atoms with E-state index in [1.54, 1.807) is 13.8 Å². The molecule has 25 heavy (non-hydrogen) atoms. The molecule has 0 spiro atoms. The SMILES string of the molecule is CCOc1nc(N(CC)c2ccc([N+](=O)[O-])cc2)ncc1C(F)(F)F. The van der Waals surface area contributed by atoms with Crippen LogP contribution in [0, 0.1) is 10.1 Å². The number of hydrogen-bond acceptors (Lipinski definition) is 6. The van der Waals surface area contributed by atoms with Gasteiger partial charge in [-0.2, -0.15) is 18.2 Å². The van der Waals surface area contributed by atoms with Gasteiger partial charge in [0.15, 0.2) is 0 Å². The van der Waals surface area contributed by atoms with Crippen LogP contribution in [-0.4, -0.2) is 28.0 Å². The van der Waals surface area contributed by atoms with Crippen LogP contribution in [0.5, 0.6) is 5.88 Å². The lowest BCUT2D eigenvalue weighted by molar-refractivity contribution is -0.384. The molecule has 0 unspecified atom stereocenters. The Morgan fingerprint density at radius 3 is 2.36 bits per heavy atom. The van der Waals surface area contributed by atoms with Gasteiger partial charge in [0.2, 0.25) is 11.8 Å². The molecule has 1 aromatic carbocycles. The summed E-state index contributed by atoms with van der Waals surface area (Å²) in [5, 5.41) is 10.7. The Kier molecular flexibility index (Phi) is 5.40. The molecule has 0 radical (unpaired) electrons. The largest absolute Gasteiger partial charge is 0.477 e. The molecule has 0 aliphatic heterocycles. The number of ether oxygens (including phenoxy) is 1. The summed E-state index contributed by atoms with van der Waals surface area (Å²) in [7, 11) is 0. The third kappa shape index (κ3) is 4.14. The summed E-state index contributed by atoms with van der Waals surface area (Å²) in [4.78, 5) is 19.3. The van der Waals surface area contributed by atoms with Crippen molar-refractivity contribution in [3.05, 3.63) is 46.1 Å². The van der Waals surface area contributed by atoms with Crippen molar-refractivity contribution in [3.8, 4) is 5.88 Å². The van der Waals surface area contributed by atoms with E-state index < -0.39 is 22.5 Å². The third-order valence-corrected chi connectivity index (χ3v) is 3.26. The molecule has 2 aromatic rings. The average Bonchev–Trinajstić information content (AvgIpc) is 2.55. The summed E-state index contributed by atoms with van der Waals surface area (Å²) in [6.45, 7) is 3.66. The van der Waals surface area contributed by atoms with Crippen molar-refractivity contribution in [1.82, 2.24) is 9.97 Å². The summed E-state index contributed by atoms with van der Waals surface area (Å²) in [5.74, 6) is -0.548. The zero-order valence-corrected chi connectivity index (χ0v) is 13.4. The van der Waals surface area contributed by atoms with Crippen LogP contribution in [0.25, 0.3) is 0 Å². The Morgan fingerprint density at radius 1 is 1.24 bits per heavy atom. The maximum absolute atomic E-state index is 13.0. The van der Waals surface area contributed by atoms with E-state index in [1.807, 2.05) is 0 Å². The first-order valence-electron chi connectivity index (χ1n) is 7.37. The number of halogens is 3. The molecule has 7 nitrogen and oxygen atoms in total. The molecule has 0 aliphatic rings. The number of rotatable bonds is 6. The Morgan fingerprint density at radius 2 is 1.88 bits per heavy atom. The molecule has 0 bridgehead atoms. The lowest BCUT2D eigenvalue weighted by Crippen LogP contribution is -2.20. The number of aromatic nitrogens is 2. The number of hydrogen-bond donors (Lipinski definition) is 0.